The van der Waals surface area contributed by atoms with Crippen molar-refractivity contribution >= 4 is 17.5 Å². The van der Waals surface area contributed by atoms with Crippen molar-refractivity contribution in [1.29, 1.82) is 0 Å². The van der Waals surface area contributed by atoms with Gasteiger partial charge in [-0.1, -0.05) is 6.07 Å². The van der Waals surface area contributed by atoms with Crippen molar-refractivity contribution in [2.45, 2.75) is 57.0 Å². The SMILES string of the molecule is CC(=O)NC1CNC2(CCN(C(=O)c3cccc(N4CCCCC4)c3)CC2)C1. The minimum absolute atomic E-state index is 0.0325. The Balaban J connectivity index is 1.36. The van der Waals surface area contributed by atoms with Crippen molar-refractivity contribution in [3.8, 4) is 0 Å². The van der Waals surface area contributed by atoms with Crippen LogP contribution in [0, 0.1) is 0 Å². The number of hydrogen-bond donors (Lipinski definition) is 2. The van der Waals surface area contributed by atoms with Gasteiger partial charge >= 0.3 is 0 Å². The third-order valence-electron chi connectivity index (χ3n) is 6.59. The van der Waals surface area contributed by atoms with Gasteiger partial charge in [0.15, 0.2) is 0 Å². The molecule has 0 aromatic heterocycles. The predicted octanol–water partition coefficient (Wildman–Crippen LogP) is 2.15. The molecule has 152 valence electrons. The fourth-order valence-electron chi connectivity index (χ4n) is 5.03. The number of piperidine rings is 2. The lowest BCUT2D eigenvalue weighted by Crippen LogP contribution is -2.51. The molecule has 3 heterocycles. The van der Waals surface area contributed by atoms with Crippen LogP contribution in [0.25, 0.3) is 0 Å². The van der Waals surface area contributed by atoms with Gasteiger partial charge < -0.3 is 20.4 Å². The van der Waals surface area contributed by atoms with E-state index < -0.39 is 0 Å². The maximum absolute atomic E-state index is 13.1. The molecule has 1 unspecified atom stereocenters. The van der Waals surface area contributed by atoms with Crippen LogP contribution in [0.2, 0.25) is 0 Å². The molecule has 1 aromatic rings. The van der Waals surface area contributed by atoms with Crippen molar-refractivity contribution in [2.75, 3.05) is 37.6 Å². The molecule has 28 heavy (non-hydrogen) atoms. The minimum atomic E-state index is 0.0325. The van der Waals surface area contributed by atoms with E-state index in [9.17, 15) is 9.59 Å². The van der Waals surface area contributed by atoms with Gasteiger partial charge in [-0.15, -0.1) is 0 Å². The number of carbonyl (C=O) groups is 2. The highest BCUT2D eigenvalue weighted by molar-refractivity contribution is 5.95. The summed E-state index contributed by atoms with van der Waals surface area (Å²) in [5, 5.41) is 6.64. The number of nitrogens with zero attached hydrogens (tertiary/aromatic N) is 2. The number of rotatable bonds is 3. The van der Waals surface area contributed by atoms with Crippen LogP contribution in [0.4, 0.5) is 5.69 Å². The quantitative estimate of drug-likeness (QED) is 0.838. The first kappa shape index (κ1) is 19.2. The highest BCUT2D eigenvalue weighted by atomic mass is 16.2. The number of amides is 2. The molecule has 1 spiro atoms. The summed E-state index contributed by atoms with van der Waals surface area (Å²) in [6, 6.07) is 8.36. The van der Waals surface area contributed by atoms with Gasteiger partial charge in [-0.05, 0) is 56.7 Å². The fourth-order valence-corrected chi connectivity index (χ4v) is 5.03. The molecule has 3 aliphatic rings. The van der Waals surface area contributed by atoms with Crippen LogP contribution in [0.5, 0.6) is 0 Å². The summed E-state index contributed by atoms with van der Waals surface area (Å²) in [7, 11) is 0. The van der Waals surface area contributed by atoms with Gasteiger partial charge in [-0.25, -0.2) is 0 Å². The summed E-state index contributed by atoms with van der Waals surface area (Å²) in [6.07, 6.45) is 6.62. The first-order valence-corrected chi connectivity index (χ1v) is 10.7. The molecule has 6 heteroatoms. The normalized spacial score (nSPS) is 24.4. The van der Waals surface area contributed by atoms with Crippen molar-refractivity contribution in [3.63, 3.8) is 0 Å². The summed E-state index contributed by atoms with van der Waals surface area (Å²) in [4.78, 5) is 28.8. The van der Waals surface area contributed by atoms with Crippen LogP contribution in [0.15, 0.2) is 24.3 Å². The van der Waals surface area contributed by atoms with E-state index >= 15 is 0 Å². The van der Waals surface area contributed by atoms with Gasteiger partial charge in [-0.3, -0.25) is 9.59 Å². The number of benzene rings is 1. The van der Waals surface area contributed by atoms with E-state index in [4.69, 9.17) is 0 Å². The molecule has 0 bridgehead atoms. The molecule has 4 rings (SSSR count). The molecule has 3 aliphatic heterocycles. The van der Waals surface area contributed by atoms with Gasteiger partial charge in [0.2, 0.25) is 5.91 Å². The van der Waals surface area contributed by atoms with E-state index in [-0.39, 0.29) is 23.4 Å². The zero-order valence-electron chi connectivity index (χ0n) is 16.9. The van der Waals surface area contributed by atoms with E-state index in [1.54, 1.807) is 6.92 Å². The average Bonchev–Trinajstić information content (AvgIpc) is 3.10. The van der Waals surface area contributed by atoms with Gasteiger partial charge in [0.1, 0.15) is 0 Å². The molecule has 1 atom stereocenters. The molecule has 0 saturated carbocycles. The van der Waals surface area contributed by atoms with E-state index in [0.29, 0.717) is 0 Å². The zero-order chi connectivity index (χ0) is 19.6. The maximum Gasteiger partial charge on any atom is 0.253 e. The molecule has 1 aromatic carbocycles. The van der Waals surface area contributed by atoms with E-state index in [0.717, 1.165) is 57.5 Å². The van der Waals surface area contributed by atoms with Crippen LogP contribution in [0.1, 0.15) is 55.8 Å². The number of carbonyl (C=O) groups excluding carboxylic acids is 2. The van der Waals surface area contributed by atoms with Gasteiger partial charge in [0.25, 0.3) is 5.91 Å². The fraction of sp³-hybridized carbons (Fsp3) is 0.636. The van der Waals surface area contributed by atoms with E-state index in [1.807, 2.05) is 17.0 Å². The highest BCUT2D eigenvalue weighted by Gasteiger charge is 2.42. The third-order valence-corrected chi connectivity index (χ3v) is 6.59. The van der Waals surface area contributed by atoms with Gasteiger partial charge in [-0.2, -0.15) is 0 Å². The number of anilines is 1. The molecule has 3 fully saturated rings. The Morgan fingerprint density at radius 1 is 1.11 bits per heavy atom. The summed E-state index contributed by atoms with van der Waals surface area (Å²) in [5.74, 6) is 0.176. The second-order valence-corrected chi connectivity index (χ2v) is 8.65. The number of likely N-dealkylation sites (tertiary alicyclic amines) is 1. The molecule has 6 nitrogen and oxygen atoms in total. The van der Waals surface area contributed by atoms with Gasteiger partial charge in [0.05, 0.1) is 0 Å². The Kier molecular flexibility index (Phi) is 5.58. The van der Waals surface area contributed by atoms with Crippen LogP contribution in [-0.4, -0.2) is 61.0 Å². The summed E-state index contributed by atoms with van der Waals surface area (Å²) < 4.78 is 0. The topological polar surface area (TPSA) is 64.7 Å². The molecular weight excluding hydrogens is 352 g/mol. The summed E-state index contributed by atoms with van der Waals surface area (Å²) >= 11 is 0. The molecule has 3 saturated heterocycles. The Labute approximate surface area is 167 Å². The largest absolute Gasteiger partial charge is 0.372 e. The number of nitrogens with one attached hydrogen (secondary N) is 2. The maximum atomic E-state index is 13.1. The Bertz CT molecular complexity index is 721. The second kappa shape index (κ2) is 8.11. The summed E-state index contributed by atoms with van der Waals surface area (Å²) in [6.45, 7) is 6.12. The van der Waals surface area contributed by atoms with Crippen molar-refractivity contribution in [2.24, 2.45) is 0 Å². The van der Waals surface area contributed by atoms with Crippen molar-refractivity contribution in [3.05, 3.63) is 29.8 Å². The first-order chi connectivity index (χ1) is 13.5. The smallest absolute Gasteiger partial charge is 0.253 e. The van der Waals surface area contributed by atoms with Crippen LogP contribution >= 0.6 is 0 Å². The molecule has 2 N–H and O–H groups in total. The van der Waals surface area contributed by atoms with Crippen LogP contribution < -0.4 is 15.5 Å². The lowest BCUT2D eigenvalue weighted by Gasteiger charge is -2.39. The second-order valence-electron chi connectivity index (χ2n) is 8.65. The van der Waals surface area contributed by atoms with Crippen molar-refractivity contribution < 1.29 is 9.59 Å². The lowest BCUT2D eigenvalue weighted by molar-refractivity contribution is -0.119. The third kappa shape index (κ3) is 4.17. The number of hydrogen-bond acceptors (Lipinski definition) is 4. The van der Waals surface area contributed by atoms with Crippen molar-refractivity contribution in [1.82, 2.24) is 15.5 Å². The Morgan fingerprint density at radius 3 is 2.57 bits per heavy atom. The lowest BCUT2D eigenvalue weighted by atomic mass is 9.85. The Morgan fingerprint density at radius 2 is 1.86 bits per heavy atom. The first-order valence-electron chi connectivity index (χ1n) is 10.7. The Hall–Kier alpha value is -2.08. The highest BCUT2D eigenvalue weighted by Crippen LogP contribution is 2.32. The minimum Gasteiger partial charge on any atom is -0.372 e. The molecule has 0 aliphatic carbocycles. The van der Waals surface area contributed by atoms with E-state index in [1.165, 1.54) is 24.9 Å². The average molecular weight is 385 g/mol. The van der Waals surface area contributed by atoms with Crippen LogP contribution in [0.3, 0.4) is 0 Å². The predicted molar refractivity (Wildman–Crippen MR) is 111 cm³/mol. The molecule has 0 radical (unpaired) electrons. The monoisotopic (exact) mass is 384 g/mol. The molecule has 2 amide bonds. The van der Waals surface area contributed by atoms with Gasteiger partial charge in [0, 0.05) is 62.5 Å². The summed E-state index contributed by atoms with van der Waals surface area (Å²) in [5.41, 5.74) is 2.05. The van der Waals surface area contributed by atoms with Crippen LogP contribution in [-0.2, 0) is 4.79 Å². The molecular formula is C22H32N4O2. The standard InChI is InChI=1S/C22H32N4O2/c1-17(27)24-19-15-22(23-16-19)8-12-26(13-9-22)21(28)18-6-5-7-20(14-18)25-10-3-2-4-11-25/h5-7,14,19,23H,2-4,8-13,15-16H2,1H3,(H,24,27). The zero-order valence-corrected chi connectivity index (χ0v) is 16.9. The van der Waals surface area contributed by atoms with E-state index in [2.05, 4.69) is 27.7 Å².